The van der Waals surface area contributed by atoms with Crippen molar-refractivity contribution in [1.29, 1.82) is 0 Å². The number of para-hydroxylation sites is 1. The monoisotopic (exact) mass is 400 g/mol. The number of rotatable bonds is 7. The minimum atomic E-state index is -0.743. The molecule has 0 atom stereocenters. The summed E-state index contributed by atoms with van der Waals surface area (Å²) in [6.45, 7) is 0. The van der Waals surface area contributed by atoms with Crippen molar-refractivity contribution >= 4 is 39.9 Å². The Balaban J connectivity index is 1.85. The number of hydrogen-bond acceptors (Lipinski definition) is 10. The number of anilines is 2. The van der Waals surface area contributed by atoms with Gasteiger partial charge in [0.25, 0.3) is 5.69 Å². The van der Waals surface area contributed by atoms with Gasteiger partial charge in [-0.25, -0.2) is 4.98 Å². The summed E-state index contributed by atoms with van der Waals surface area (Å²) >= 11 is 1.28. The molecule has 1 aromatic heterocycles. The van der Waals surface area contributed by atoms with Gasteiger partial charge >= 0.3 is 5.69 Å². The molecule has 0 saturated heterocycles. The minimum absolute atomic E-state index is 0.128. The average Bonchev–Trinajstić information content (AvgIpc) is 3.08. The van der Waals surface area contributed by atoms with Gasteiger partial charge in [-0.15, -0.1) is 11.3 Å². The fourth-order valence-corrected chi connectivity index (χ4v) is 2.69. The molecule has 0 aliphatic rings. The molecule has 142 valence electrons. The fraction of sp³-hybridized carbons (Fsp3) is 0. The molecule has 0 aliphatic heterocycles. The van der Waals surface area contributed by atoms with Crippen LogP contribution in [-0.2, 0) is 0 Å². The first-order chi connectivity index (χ1) is 13.4. The second kappa shape index (κ2) is 8.09. The molecule has 3 rings (SSSR count). The summed E-state index contributed by atoms with van der Waals surface area (Å²) in [6, 6.07) is 9.86. The lowest BCUT2D eigenvalue weighted by Gasteiger charge is -2.08. The number of hydrogen-bond donors (Lipinski definition) is 2. The second-order valence-corrected chi connectivity index (χ2v) is 6.11. The highest BCUT2D eigenvalue weighted by molar-refractivity contribution is 7.14. The van der Waals surface area contributed by atoms with E-state index in [9.17, 15) is 20.2 Å². The van der Waals surface area contributed by atoms with E-state index in [0.717, 1.165) is 12.1 Å². The standard InChI is InChI=1S/C16H12N6O5S/c17-15-9-28-16(19-15)20-18-8-10-3-1-2-4-13(10)27-14-6-5-11(21(23)24)7-12(14)22(25)26/h1-9H,17H2,(H,19,20). The van der Waals surface area contributed by atoms with E-state index in [1.165, 1.54) is 23.6 Å². The number of non-ortho nitro benzene ring substituents is 1. The van der Waals surface area contributed by atoms with E-state index in [1.54, 1.807) is 29.6 Å². The molecule has 0 saturated carbocycles. The highest BCUT2D eigenvalue weighted by atomic mass is 32.1. The van der Waals surface area contributed by atoms with Gasteiger partial charge in [0, 0.05) is 17.0 Å². The van der Waals surface area contributed by atoms with Crippen LogP contribution in [0.4, 0.5) is 22.3 Å². The maximum Gasteiger partial charge on any atom is 0.318 e. The number of nitrogens with two attached hydrogens (primary N) is 1. The number of thiazole rings is 1. The van der Waals surface area contributed by atoms with Gasteiger partial charge in [-0.3, -0.25) is 25.7 Å². The Morgan fingerprint density at radius 3 is 2.61 bits per heavy atom. The van der Waals surface area contributed by atoms with E-state index in [2.05, 4.69) is 15.5 Å². The van der Waals surface area contributed by atoms with Crippen molar-refractivity contribution in [2.45, 2.75) is 0 Å². The molecule has 0 spiro atoms. The number of nitrogen functional groups attached to an aromatic ring is 1. The molecule has 0 unspecified atom stereocenters. The third-order valence-corrected chi connectivity index (χ3v) is 4.14. The number of nitro benzene ring substituents is 2. The van der Waals surface area contributed by atoms with Crippen LogP contribution < -0.4 is 15.9 Å². The zero-order valence-corrected chi connectivity index (χ0v) is 14.8. The zero-order valence-electron chi connectivity index (χ0n) is 14.0. The first-order valence-electron chi connectivity index (χ1n) is 7.64. The van der Waals surface area contributed by atoms with Crippen molar-refractivity contribution in [3.8, 4) is 11.5 Å². The van der Waals surface area contributed by atoms with Gasteiger partial charge in [-0.1, -0.05) is 12.1 Å². The molecule has 0 radical (unpaired) electrons. The van der Waals surface area contributed by atoms with E-state index in [1.807, 2.05) is 0 Å². The van der Waals surface area contributed by atoms with Crippen molar-refractivity contribution in [2.24, 2.45) is 5.10 Å². The molecular formula is C16H12N6O5S. The van der Waals surface area contributed by atoms with Crippen LogP contribution in [-0.4, -0.2) is 21.0 Å². The lowest BCUT2D eigenvalue weighted by atomic mass is 10.2. The molecule has 1 heterocycles. The van der Waals surface area contributed by atoms with E-state index >= 15 is 0 Å². The molecule has 2 aromatic carbocycles. The minimum Gasteiger partial charge on any atom is -0.449 e. The van der Waals surface area contributed by atoms with Gasteiger partial charge in [-0.05, 0) is 18.2 Å². The smallest absolute Gasteiger partial charge is 0.318 e. The van der Waals surface area contributed by atoms with Crippen LogP contribution in [0.5, 0.6) is 11.5 Å². The number of nitro groups is 2. The lowest BCUT2D eigenvalue weighted by Crippen LogP contribution is -1.98. The second-order valence-electron chi connectivity index (χ2n) is 5.25. The Morgan fingerprint density at radius 1 is 1.14 bits per heavy atom. The van der Waals surface area contributed by atoms with Crippen LogP contribution in [0.3, 0.4) is 0 Å². The van der Waals surface area contributed by atoms with Crippen LogP contribution in [0, 0.1) is 20.2 Å². The van der Waals surface area contributed by atoms with Crippen LogP contribution in [0.25, 0.3) is 0 Å². The predicted molar refractivity (Wildman–Crippen MR) is 104 cm³/mol. The van der Waals surface area contributed by atoms with Crippen LogP contribution >= 0.6 is 11.3 Å². The third kappa shape index (κ3) is 4.37. The normalized spacial score (nSPS) is 10.7. The zero-order chi connectivity index (χ0) is 20.1. The highest BCUT2D eigenvalue weighted by Crippen LogP contribution is 2.35. The predicted octanol–water partition coefficient (Wildman–Crippen LogP) is 3.78. The van der Waals surface area contributed by atoms with Crippen LogP contribution in [0.15, 0.2) is 52.9 Å². The number of aromatic nitrogens is 1. The lowest BCUT2D eigenvalue weighted by molar-refractivity contribution is -0.394. The fourth-order valence-electron chi connectivity index (χ4n) is 2.14. The first-order valence-corrected chi connectivity index (χ1v) is 8.52. The van der Waals surface area contributed by atoms with Crippen LogP contribution in [0.1, 0.15) is 5.56 Å². The van der Waals surface area contributed by atoms with E-state index in [-0.39, 0.29) is 11.5 Å². The maximum atomic E-state index is 11.3. The largest absolute Gasteiger partial charge is 0.449 e. The molecule has 3 aromatic rings. The average molecular weight is 400 g/mol. The van der Waals surface area contributed by atoms with Gasteiger partial charge in [-0.2, -0.15) is 5.10 Å². The molecule has 0 aliphatic carbocycles. The molecule has 28 heavy (non-hydrogen) atoms. The van der Waals surface area contributed by atoms with E-state index in [4.69, 9.17) is 10.5 Å². The van der Waals surface area contributed by atoms with Crippen molar-refractivity contribution in [2.75, 3.05) is 11.2 Å². The number of ether oxygens (including phenoxy) is 1. The summed E-state index contributed by atoms with van der Waals surface area (Å²) in [5, 5.41) is 28.3. The summed E-state index contributed by atoms with van der Waals surface area (Å²) in [7, 11) is 0. The van der Waals surface area contributed by atoms with Crippen LogP contribution in [0.2, 0.25) is 0 Å². The summed E-state index contributed by atoms with van der Waals surface area (Å²) in [6.07, 6.45) is 1.45. The molecule has 0 bridgehead atoms. The van der Waals surface area contributed by atoms with Gasteiger partial charge in [0.2, 0.25) is 10.9 Å². The Hall–Kier alpha value is -4.06. The summed E-state index contributed by atoms with van der Waals surface area (Å²) in [5.74, 6) is 0.526. The molecule has 3 N–H and O–H groups in total. The number of nitrogens with zero attached hydrogens (tertiary/aromatic N) is 4. The molecule has 0 amide bonds. The Bertz CT molecular complexity index is 1070. The molecule has 11 nitrogen and oxygen atoms in total. The number of hydrazone groups is 1. The first kappa shape index (κ1) is 18.7. The number of nitrogens with one attached hydrogen (secondary N) is 1. The topological polar surface area (TPSA) is 159 Å². The molecule has 0 fully saturated rings. The van der Waals surface area contributed by atoms with Crippen molar-refractivity contribution < 1.29 is 14.6 Å². The van der Waals surface area contributed by atoms with Gasteiger partial charge in [0.1, 0.15) is 11.6 Å². The van der Waals surface area contributed by atoms with E-state index < -0.39 is 21.2 Å². The maximum absolute atomic E-state index is 11.3. The summed E-state index contributed by atoms with van der Waals surface area (Å²) < 4.78 is 5.63. The molecule has 12 heteroatoms. The Labute approximate surface area is 161 Å². The Kier molecular flexibility index (Phi) is 5.41. The van der Waals surface area contributed by atoms with Crippen molar-refractivity contribution in [1.82, 2.24) is 4.98 Å². The van der Waals surface area contributed by atoms with Gasteiger partial charge in [0.05, 0.1) is 22.1 Å². The Morgan fingerprint density at radius 2 is 1.93 bits per heavy atom. The summed E-state index contributed by atoms with van der Waals surface area (Å²) in [4.78, 5) is 24.6. The SMILES string of the molecule is Nc1csc(NN=Cc2ccccc2Oc2ccc([N+](=O)[O-])cc2[N+](=O)[O-])n1. The quantitative estimate of drug-likeness (QED) is 0.344. The van der Waals surface area contributed by atoms with Crippen molar-refractivity contribution in [3.63, 3.8) is 0 Å². The van der Waals surface area contributed by atoms with Gasteiger partial charge in [0.15, 0.2) is 0 Å². The van der Waals surface area contributed by atoms with Gasteiger partial charge < -0.3 is 10.5 Å². The third-order valence-electron chi connectivity index (χ3n) is 3.37. The summed E-state index contributed by atoms with van der Waals surface area (Å²) in [5.41, 5.74) is 7.84. The number of benzene rings is 2. The molecular weight excluding hydrogens is 388 g/mol. The van der Waals surface area contributed by atoms with E-state index in [0.29, 0.717) is 16.5 Å². The highest BCUT2D eigenvalue weighted by Gasteiger charge is 2.21. The van der Waals surface area contributed by atoms with Crippen molar-refractivity contribution in [3.05, 3.63) is 73.6 Å².